The van der Waals surface area contributed by atoms with E-state index in [-0.39, 0.29) is 12.4 Å². The highest BCUT2D eigenvalue weighted by Gasteiger charge is 2.20. The van der Waals surface area contributed by atoms with Crippen molar-refractivity contribution in [2.45, 2.75) is 33.0 Å². The Balaban J connectivity index is 1.94. The number of ether oxygens (including phenoxy) is 2. The van der Waals surface area contributed by atoms with Crippen LogP contribution in [0.5, 0.6) is 5.75 Å². The number of carbonyl (C=O) groups excluding carboxylic acids is 1. The Kier molecular flexibility index (Phi) is 4.21. The van der Waals surface area contributed by atoms with Crippen LogP contribution in [0.25, 0.3) is 0 Å². The molecule has 0 aliphatic rings. The van der Waals surface area contributed by atoms with E-state index in [9.17, 15) is 4.79 Å². The number of nitrogen functional groups attached to an aromatic ring is 1. The average molecular weight is 289 g/mol. The lowest BCUT2D eigenvalue weighted by molar-refractivity contribution is 0.00331. The number of hydrogen-bond donors (Lipinski definition) is 1. The molecule has 112 valence electrons. The van der Waals surface area contributed by atoms with Crippen LogP contribution in [-0.2, 0) is 11.3 Å². The molecule has 1 aromatic heterocycles. The summed E-state index contributed by atoms with van der Waals surface area (Å²) in [5.41, 5.74) is 5.72. The van der Waals surface area contributed by atoms with Gasteiger partial charge in [-0.1, -0.05) is 0 Å². The molecular weight excluding hydrogens is 270 g/mol. The van der Waals surface area contributed by atoms with Gasteiger partial charge in [0, 0.05) is 5.69 Å². The SMILES string of the molecule is CC(C)(C)OC(=O)c1ccc(COc2ccc(N)cc2)o1. The fraction of sp³-hybridized carbons (Fsp3) is 0.312. The van der Waals surface area contributed by atoms with Crippen LogP contribution in [-0.4, -0.2) is 11.6 Å². The largest absolute Gasteiger partial charge is 0.486 e. The van der Waals surface area contributed by atoms with E-state index in [1.165, 1.54) is 0 Å². The molecule has 21 heavy (non-hydrogen) atoms. The van der Waals surface area contributed by atoms with Crippen LogP contribution in [0, 0.1) is 0 Å². The van der Waals surface area contributed by atoms with Gasteiger partial charge in [0.25, 0.3) is 0 Å². The van der Waals surface area contributed by atoms with Crippen molar-refractivity contribution in [3.8, 4) is 5.75 Å². The molecule has 0 unspecified atom stereocenters. The molecule has 5 nitrogen and oxygen atoms in total. The van der Waals surface area contributed by atoms with Crippen LogP contribution in [0.15, 0.2) is 40.8 Å². The van der Waals surface area contributed by atoms with Gasteiger partial charge in [0.1, 0.15) is 23.7 Å². The fourth-order valence-electron chi connectivity index (χ4n) is 1.61. The normalized spacial score (nSPS) is 11.2. The van der Waals surface area contributed by atoms with Crippen molar-refractivity contribution in [1.29, 1.82) is 0 Å². The molecule has 0 saturated heterocycles. The minimum Gasteiger partial charge on any atom is -0.486 e. The first-order chi connectivity index (χ1) is 9.83. The third-order valence-electron chi connectivity index (χ3n) is 2.52. The molecule has 0 atom stereocenters. The van der Waals surface area contributed by atoms with E-state index in [2.05, 4.69) is 0 Å². The third-order valence-corrected chi connectivity index (χ3v) is 2.52. The minimum atomic E-state index is -0.551. The third kappa shape index (κ3) is 4.56. The van der Waals surface area contributed by atoms with Crippen LogP contribution >= 0.6 is 0 Å². The summed E-state index contributed by atoms with van der Waals surface area (Å²) in [7, 11) is 0. The highest BCUT2D eigenvalue weighted by Crippen LogP contribution is 2.18. The zero-order chi connectivity index (χ0) is 15.5. The van der Waals surface area contributed by atoms with Crippen LogP contribution in [0.1, 0.15) is 37.1 Å². The molecule has 0 radical (unpaired) electrons. The summed E-state index contributed by atoms with van der Waals surface area (Å²) in [5.74, 6) is 0.911. The summed E-state index contributed by atoms with van der Waals surface area (Å²) in [4.78, 5) is 11.8. The number of carbonyl (C=O) groups is 1. The van der Waals surface area contributed by atoms with Crippen LogP contribution in [0.3, 0.4) is 0 Å². The number of rotatable bonds is 4. The minimum absolute atomic E-state index is 0.167. The smallest absolute Gasteiger partial charge is 0.374 e. The number of anilines is 1. The van der Waals surface area contributed by atoms with Gasteiger partial charge in [-0.15, -0.1) is 0 Å². The average Bonchev–Trinajstić information content (AvgIpc) is 2.85. The molecule has 1 aromatic carbocycles. The van der Waals surface area contributed by atoms with Gasteiger partial charge in [0.05, 0.1) is 0 Å². The number of hydrogen-bond acceptors (Lipinski definition) is 5. The van der Waals surface area contributed by atoms with Crippen LogP contribution < -0.4 is 10.5 Å². The number of nitrogens with two attached hydrogens (primary N) is 1. The Hall–Kier alpha value is -2.43. The lowest BCUT2D eigenvalue weighted by Gasteiger charge is -2.18. The van der Waals surface area contributed by atoms with E-state index in [0.717, 1.165) is 0 Å². The molecule has 2 aromatic rings. The van der Waals surface area contributed by atoms with Crippen molar-refractivity contribution in [3.63, 3.8) is 0 Å². The van der Waals surface area contributed by atoms with Crippen molar-refractivity contribution in [3.05, 3.63) is 47.9 Å². The van der Waals surface area contributed by atoms with Gasteiger partial charge in [-0.05, 0) is 57.2 Å². The number of esters is 1. The molecule has 0 amide bonds. The highest BCUT2D eigenvalue weighted by atomic mass is 16.6. The van der Waals surface area contributed by atoms with Crippen LogP contribution in [0.2, 0.25) is 0 Å². The summed E-state index contributed by atoms with van der Waals surface area (Å²) in [6.07, 6.45) is 0. The van der Waals surface area contributed by atoms with Crippen molar-refractivity contribution in [2.75, 3.05) is 5.73 Å². The Labute approximate surface area is 123 Å². The lowest BCUT2D eigenvalue weighted by atomic mass is 10.2. The van der Waals surface area contributed by atoms with Crippen molar-refractivity contribution in [2.24, 2.45) is 0 Å². The molecule has 0 saturated carbocycles. The van der Waals surface area contributed by atoms with Gasteiger partial charge in [0.2, 0.25) is 5.76 Å². The van der Waals surface area contributed by atoms with Crippen molar-refractivity contribution < 1.29 is 18.7 Å². The van der Waals surface area contributed by atoms with Gasteiger partial charge in [-0.25, -0.2) is 4.79 Å². The van der Waals surface area contributed by atoms with Crippen molar-refractivity contribution in [1.82, 2.24) is 0 Å². The Morgan fingerprint density at radius 2 is 1.81 bits per heavy atom. The Bertz CT molecular complexity index is 608. The zero-order valence-corrected chi connectivity index (χ0v) is 12.4. The molecule has 0 bridgehead atoms. The lowest BCUT2D eigenvalue weighted by Crippen LogP contribution is -2.23. The first-order valence-electron chi connectivity index (χ1n) is 6.64. The summed E-state index contributed by atoms with van der Waals surface area (Å²) in [5, 5.41) is 0. The highest BCUT2D eigenvalue weighted by molar-refractivity contribution is 5.86. The molecule has 0 fully saturated rings. The van der Waals surface area contributed by atoms with E-state index < -0.39 is 11.6 Å². The van der Waals surface area contributed by atoms with E-state index >= 15 is 0 Å². The molecule has 0 aliphatic heterocycles. The Morgan fingerprint density at radius 3 is 2.43 bits per heavy atom. The van der Waals surface area contributed by atoms with E-state index in [1.54, 1.807) is 57.2 Å². The second-order valence-corrected chi connectivity index (χ2v) is 5.63. The van der Waals surface area contributed by atoms with Gasteiger partial charge < -0.3 is 19.6 Å². The molecule has 1 heterocycles. The predicted octanol–water partition coefficient (Wildman–Crippen LogP) is 3.40. The summed E-state index contributed by atoms with van der Waals surface area (Å²) in [6, 6.07) is 10.3. The second-order valence-electron chi connectivity index (χ2n) is 5.63. The molecule has 2 rings (SSSR count). The quantitative estimate of drug-likeness (QED) is 0.689. The van der Waals surface area contributed by atoms with E-state index in [0.29, 0.717) is 17.2 Å². The maximum Gasteiger partial charge on any atom is 0.374 e. The van der Waals surface area contributed by atoms with Gasteiger partial charge in [0.15, 0.2) is 0 Å². The molecule has 5 heteroatoms. The summed E-state index contributed by atoms with van der Waals surface area (Å²) in [6.45, 7) is 5.64. The number of furan rings is 1. The van der Waals surface area contributed by atoms with Crippen molar-refractivity contribution >= 4 is 11.7 Å². The maximum atomic E-state index is 11.8. The first kappa shape index (κ1) is 15.0. The van der Waals surface area contributed by atoms with E-state index in [1.807, 2.05) is 0 Å². The van der Waals surface area contributed by atoms with E-state index in [4.69, 9.17) is 19.6 Å². The topological polar surface area (TPSA) is 74.7 Å². The molecule has 0 spiro atoms. The molecular formula is C16H19NO4. The fourth-order valence-corrected chi connectivity index (χ4v) is 1.61. The predicted molar refractivity (Wildman–Crippen MR) is 79.1 cm³/mol. The zero-order valence-electron chi connectivity index (χ0n) is 12.4. The summed E-state index contributed by atoms with van der Waals surface area (Å²) < 4.78 is 16.2. The van der Waals surface area contributed by atoms with Gasteiger partial charge in [-0.3, -0.25) is 0 Å². The van der Waals surface area contributed by atoms with Gasteiger partial charge >= 0.3 is 5.97 Å². The standard InChI is InChI=1S/C16H19NO4/c1-16(2,3)21-15(18)14-9-8-13(20-14)10-19-12-6-4-11(17)5-7-12/h4-9H,10,17H2,1-3H3. The first-order valence-corrected chi connectivity index (χ1v) is 6.64. The molecule has 2 N–H and O–H groups in total. The van der Waals surface area contributed by atoms with Gasteiger partial charge in [-0.2, -0.15) is 0 Å². The summed E-state index contributed by atoms with van der Waals surface area (Å²) >= 11 is 0. The monoisotopic (exact) mass is 289 g/mol. The second kappa shape index (κ2) is 5.91. The van der Waals surface area contributed by atoms with Crippen LogP contribution in [0.4, 0.5) is 5.69 Å². The maximum absolute atomic E-state index is 11.8. The Morgan fingerprint density at radius 1 is 1.14 bits per heavy atom. The number of benzene rings is 1. The molecule has 0 aliphatic carbocycles.